The summed E-state index contributed by atoms with van der Waals surface area (Å²) in [6.07, 6.45) is 1.86. The number of aryl methyl sites for hydroxylation is 1. The second-order valence-corrected chi connectivity index (χ2v) is 4.39. The lowest BCUT2D eigenvalue weighted by atomic mass is 10.1. The number of aromatic nitrogens is 1. The van der Waals surface area contributed by atoms with Crippen molar-refractivity contribution >= 4 is 17.2 Å². The van der Waals surface area contributed by atoms with E-state index in [0.29, 0.717) is 4.80 Å². The Morgan fingerprint density at radius 2 is 2.29 bits per heavy atom. The minimum Gasteiger partial charge on any atom is -0.327 e. The topological polar surface area (TPSA) is 60.4 Å². The van der Waals surface area contributed by atoms with Gasteiger partial charge in [0.25, 0.3) is 5.91 Å². The lowest BCUT2D eigenvalue weighted by Crippen LogP contribution is -2.35. The highest BCUT2D eigenvalue weighted by atomic mass is 32.1. The Morgan fingerprint density at radius 3 is 2.71 bits per heavy atom. The fourth-order valence-corrected chi connectivity index (χ4v) is 1.62. The molecule has 5 heteroatoms. The molecule has 0 radical (unpaired) electrons. The van der Waals surface area contributed by atoms with Crippen LogP contribution in [0.2, 0.25) is 0 Å². The first-order valence-corrected chi connectivity index (χ1v) is 5.34. The van der Waals surface area contributed by atoms with Crippen molar-refractivity contribution in [2.75, 3.05) is 0 Å². The number of rotatable bonds is 2. The smallest absolute Gasteiger partial charge is 0.265 e. The van der Waals surface area contributed by atoms with Crippen LogP contribution >= 0.6 is 11.3 Å². The summed E-state index contributed by atoms with van der Waals surface area (Å²) in [5.74, 6) is -0.130. The minimum atomic E-state index is -0.503. The number of carbonyl (C=O) groups excluding carboxylic acids is 1. The van der Waals surface area contributed by atoms with Gasteiger partial charge in [0.05, 0.1) is 6.04 Å². The molecular weight excluding hydrogens is 198 g/mol. The first kappa shape index (κ1) is 11.1. The summed E-state index contributed by atoms with van der Waals surface area (Å²) < 4.78 is 1.80. The van der Waals surface area contributed by atoms with Crippen LogP contribution in [0.5, 0.6) is 0 Å². The molecule has 0 aliphatic heterocycles. The van der Waals surface area contributed by atoms with E-state index in [-0.39, 0.29) is 11.8 Å². The third-order valence-electron chi connectivity index (χ3n) is 1.97. The predicted octanol–water partition coefficient (Wildman–Crippen LogP) is 0.497. The fraction of sp³-hybridized carbons (Fsp3) is 0.556. The van der Waals surface area contributed by atoms with Crippen LogP contribution in [0.3, 0.4) is 0 Å². The van der Waals surface area contributed by atoms with Gasteiger partial charge in [-0.05, 0) is 5.92 Å². The van der Waals surface area contributed by atoms with Crippen molar-refractivity contribution in [1.82, 2.24) is 4.57 Å². The summed E-state index contributed by atoms with van der Waals surface area (Å²) in [7, 11) is 1.85. The standard InChI is InChI=1S/C9H15N3OS/c1-6(2)7(10)8(13)11-9-12(3)4-5-14-9/h4-7H,10H2,1-3H3/t7-/m0/s1. The number of amides is 1. The average Bonchev–Trinajstić information content (AvgIpc) is 2.50. The molecule has 0 spiro atoms. The predicted molar refractivity (Wildman–Crippen MR) is 56.7 cm³/mol. The zero-order valence-electron chi connectivity index (χ0n) is 8.60. The Bertz CT molecular complexity index is 377. The molecule has 78 valence electrons. The summed E-state index contributed by atoms with van der Waals surface area (Å²) in [4.78, 5) is 16.1. The van der Waals surface area contributed by atoms with Crippen LogP contribution < -0.4 is 10.5 Å². The van der Waals surface area contributed by atoms with Crippen molar-refractivity contribution in [1.29, 1.82) is 0 Å². The zero-order valence-corrected chi connectivity index (χ0v) is 9.41. The van der Waals surface area contributed by atoms with Crippen molar-refractivity contribution in [3.63, 3.8) is 0 Å². The van der Waals surface area contributed by atoms with E-state index >= 15 is 0 Å². The van der Waals surface area contributed by atoms with Crippen molar-refractivity contribution in [2.45, 2.75) is 19.9 Å². The Hall–Kier alpha value is -0.940. The van der Waals surface area contributed by atoms with Gasteiger partial charge in [-0.2, -0.15) is 4.99 Å². The van der Waals surface area contributed by atoms with Crippen LogP contribution in [0.1, 0.15) is 13.8 Å². The highest BCUT2D eigenvalue weighted by Crippen LogP contribution is 1.99. The Morgan fingerprint density at radius 1 is 1.64 bits per heavy atom. The SMILES string of the molecule is CC(C)[C@H](N)C(=O)N=c1sccn1C. The molecule has 0 bridgehead atoms. The second kappa shape index (κ2) is 4.52. The van der Waals surface area contributed by atoms with E-state index in [0.717, 1.165) is 0 Å². The average molecular weight is 213 g/mol. The molecule has 0 fully saturated rings. The van der Waals surface area contributed by atoms with Gasteiger partial charge in [0.1, 0.15) is 0 Å². The molecule has 1 amide bonds. The summed E-state index contributed by atoms with van der Waals surface area (Å²) in [6, 6.07) is -0.503. The van der Waals surface area contributed by atoms with E-state index in [9.17, 15) is 4.79 Å². The number of nitrogens with two attached hydrogens (primary N) is 1. The van der Waals surface area contributed by atoms with Crippen molar-refractivity contribution < 1.29 is 4.79 Å². The molecule has 0 saturated carbocycles. The Labute approximate surface area is 87.1 Å². The van der Waals surface area contributed by atoms with Gasteiger partial charge in [-0.15, -0.1) is 11.3 Å². The van der Waals surface area contributed by atoms with Crippen molar-refractivity contribution in [3.05, 3.63) is 16.4 Å². The van der Waals surface area contributed by atoms with Gasteiger partial charge in [0.2, 0.25) is 0 Å². The van der Waals surface area contributed by atoms with Gasteiger partial charge in [-0.25, -0.2) is 0 Å². The van der Waals surface area contributed by atoms with E-state index in [4.69, 9.17) is 5.73 Å². The first-order chi connectivity index (χ1) is 6.52. The zero-order chi connectivity index (χ0) is 10.7. The van der Waals surface area contributed by atoms with Gasteiger partial charge in [0.15, 0.2) is 4.80 Å². The van der Waals surface area contributed by atoms with Crippen LogP contribution in [0.4, 0.5) is 0 Å². The first-order valence-electron chi connectivity index (χ1n) is 4.46. The number of nitrogens with zero attached hydrogens (tertiary/aromatic N) is 2. The maximum Gasteiger partial charge on any atom is 0.265 e. The molecule has 0 aromatic carbocycles. The maximum atomic E-state index is 11.5. The third-order valence-corrected chi connectivity index (χ3v) is 2.82. The van der Waals surface area contributed by atoms with Crippen molar-refractivity contribution in [3.8, 4) is 0 Å². The normalized spacial score (nSPS) is 14.8. The molecule has 0 saturated heterocycles. The molecule has 14 heavy (non-hydrogen) atoms. The molecule has 0 unspecified atom stereocenters. The van der Waals surface area contributed by atoms with Gasteiger partial charge in [-0.1, -0.05) is 13.8 Å². The molecule has 1 heterocycles. The summed E-state index contributed by atoms with van der Waals surface area (Å²) in [5, 5.41) is 1.88. The lowest BCUT2D eigenvalue weighted by molar-refractivity contribution is -0.120. The minimum absolute atomic E-state index is 0.122. The van der Waals surface area contributed by atoms with Crippen LogP contribution in [-0.4, -0.2) is 16.5 Å². The summed E-state index contributed by atoms with van der Waals surface area (Å²) in [6.45, 7) is 3.82. The fourth-order valence-electron chi connectivity index (χ4n) is 0.889. The summed E-state index contributed by atoms with van der Waals surface area (Å²) in [5.41, 5.74) is 5.68. The van der Waals surface area contributed by atoms with Crippen LogP contribution in [0.15, 0.2) is 16.6 Å². The van der Waals surface area contributed by atoms with Gasteiger partial charge >= 0.3 is 0 Å². The van der Waals surface area contributed by atoms with Crippen LogP contribution in [0.25, 0.3) is 0 Å². The molecule has 2 N–H and O–H groups in total. The molecule has 1 atom stereocenters. The number of carbonyl (C=O) groups is 1. The van der Waals surface area contributed by atoms with Crippen molar-refractivity contribution in [2.24, 2.45) is 23.7 Å². The molecule has 0 aliphatic carbocycles. The third kappa shape index (κ3) is 2.52. The maximum absolute atomic E-state index is 11.5. The van der Waals surface area contributed by atoms with E-state index in [2.05, 4.69) is 4.99 Å². The Kier molecular flexibility index (Phi) is 3.60. The van der Waals surface area contributed by atoms with Crippen LogP contribution in [0, 0.1) is 5.92 Å². The van der Waals surface area contributed by atoms with E-state index in [1.807, 2.05) is 32.5 Å². The van der Waals surface area contributed by atoms with Crippen LogP contribution in [-0.2, 0) is 11.8 Å². The second-order valence-electron chi connectivity index (χ2n) is 3.52. The van der Waals surface area contributed by atoms with Gasteiger partial charge in [-0.3, -0.25) is 4.79 Å². The quantitative estimate of drug-likeness (QED) is 0.777. The number of hydrogen-bond donors (Lipinski definition) is 1. The lowest BCUT2D eigenvalue weighted by Gasteiger charge is -2.09. The molecule has 1 aromatic rings. The highest BCUT2D eigenvalue weighted by Gasteiger charge is 2.16. The number of hydrogen-bond acceptors (Lipinski definition) is 3. The molecule has 1 aromatic heterocycles. The monoisotopic (exact) mass is 213 g/mol. The largest absolute Gasteiger partial charge is 0.327 e. The van der Waals surface area contributed by atoms with E-state index in [1.165, 1.54) is 11.3 Å². The number of thiazole rings is 1. The van der Waals surface area contributed by atoms with Gasteiger partial charge < -0.3 is 10.3 Å². The summed E-state index contributed by atoms with van der Waals surface area (Å²) >= 11 is 1.43. The molecule has 4 nitrogen and oxygen atoms in total. The van der Waals surface area contributed by atoms with Gasteiger partial charge in [0, 0.05) is 18.6 Å². The molecule has 0 aliphatic rings. The highest BCUT2D eigenvalue weighted by molar-refractivity contribution is 7.07. The molecule has 1 rings (SSSR count). The van der Waals surface area contributed by atoms with E-state index < -0.39 is 6.04 Å². The van der Waals surface area contributed by atoms with E-state index in [1.54, 1.807) is 4.57 Å². The Balaban J connectivity index is 2.89. The molecular formula is C9H15N3OS.